The molecular formula is C19H18N2O5. The van der Waals surface area contributed by atoms with E-state index < -0.39 is 18.3 Å². The highest BCUT2D eigenvalue weighted by atomic mass is 16.6. The van der Waals surface area contributed by atoms with Crippen molar-refractivity contribution in [3.63, 3.8) is 0 Å². The minimum Gasteiger partial charge on any atom is -0.482 e. The van der Waals surface area contributed by atoms with E-state index in [0.717, 1.165) is 0 Å². The summed E-state index contributed by atoms with van der Waals surface area (Å²) in [6, 6.07) is 12.3. The Labute approximate surface area is 150 Å². The fourth-order valence-corrected chi connectivity index (χ4v) is 2.91. The van der Waals surface area contributed by atoms with E-state index in [4.69, 9.17) is 14.2 Å². The van der Waals surface area contributed by atoms with Gasteiger partial charge in [-0.25, -0.2) is 0 Å². The number of nitrogens with one attached hydrogen (secondary N) is 2. The lowest BCUT2D eigenvalue weighted by atomic mass is 10.1. The predicted molar refractivity (Wildman–Crippen MR) is 94.7 cm³/mol. The van der Waals surface area contributed by atoms with Gasteiger partial charge in [0.25, 0.3) is 11.8 Å². The van der Waals surface area contributed by atoms with Crippen molar-refractivity contribution >= 4 is 23.2 Å². The van der Waals surface area contributed by atoms with Crippen LogP contribution >= 0.6 is 0 Å². The van der Waals surface area contributed by atoms with Gasteiger partial charge in [-0.2, -0.15) is 0 Å². The van der Waals surface area contributed by atoms with Gasteiger partial charge in [-0.05, 0) is 44.2 Å². The molecule has 2 aromatic rings. The van der Waals surface area contributed by atoms with Crippen LogP contribution in [0.4, 0.5) is 11.4 Å². The molecule has 0 bridgehead atoms. The fourth-order valence-electron chi connectivity index (χ4n) is 2.91. The molecule has 2 aromatic carbocycles. The molecule has 2 aliphatic heterocycles. The average molecular weight is 354 g/mol. The van der Waals surface area contributed by atoms with Gasteiger partial charge in [0.1, 0.15) is 11.9 Å². The number of carbonyl (C=O) groups excluding carboxylic acids is 2. The number of fused-ring (bicyclic) bond motifs is 2. The molecule has 0 spiro atoms. The highest BCUT2D eigenvalue weighted by Gasteiger charge is 2.34. The molecule has 0 fully saturated rings. The highest BCUT2D eigenvalue weighted by Crippen LogP contribution is 2.35. The summed E-state index contributed by atoms with van der Waals surface area (Å²) in [4.78, 5) is 24.4. The van der Waals surface area contributed by atoms with Crippen molar-refractivity contribution in [1.82, 2.24) is 0 Å². The zero-order chi connectivity index (χ0) is 18.3. The molecule has 0 saturated heterocycles. The van der Waals surface area contributed by atoms with E-state index in [1.807, 2.05) is 12.1 Å². The Balaban J connectivity index is 1.50. The molecule has 2 amide bonds. The summed E-state index contributed by atoms with van der Waals surface area (Å²) in [5.74, 6) is 1.16. The van der Waals surface area contributed by atoms with E-state index in [-0.39, 0.29) is 11.8 Å². The van der Waals surface area contributed by atoms with Gasteiger partial charge in [0.2, 0.25) is 6.10 Å². The van der Waals surface area contributed by atoms with Gasteiger partial charge in [0, 0.05) is 5.69 Å². The maximum Gasteiger partial charge on any atom is 0.269 e. The number of hydrogen-bond donors (Lipinski definition) is 2. The molecule has 4 rings (SSSR count). The van der Waals surface area contributed by atoms with Crippen LogP contribution in [-0.2, 0) is 9.59 Å². The quantitative estimate of drug-likeness (QED) is 0.866. The lowest BCUT2D eigenvalue weighted by Crippen LogP contribution is -2.46. The summed E-state index contributed by atoms with van der Waals surface area (Å²) >= 11 is 0. The summed E-state index contributed by atoms with van der Waals surface area (Å²) in [6.07, 6.45) is -1.77. The minimum atomic E-state index is -0.785. The van der Waals surface area contributed by atoms with Crippen molar-refractivity contribution in [3.8, 4) is 17.2 Å². The monoisotopic (exact) mass is 354 g/mol. The maximum atomic E-state index is 12.6. The Hall–Kier alpha value is -3.22. The van der Waals surface area contributed by atoms with Gasteiger partial charge in [-0.1, -0.05) is 12.1 Å². The van der Waals surface area contributed by atoms with Gasteiger partial charge >= 0.3 is 0 Å². The Morgan fingerprint density at radius 1 is 1.00 bits per heavy atom. The van der Waals surface area contributed by atoms with Gasteiger partial charge in [-0.3, -0.25) is 9.59 Å². The average Bonchev–Trinajstić information content (AvgIpc) is 2.62. The predicted octanol–water partition coefficient (Wildman–Crippen LogP) is 2.57. The van der Waals surface area contributed by atoms with Crippen LogP contribution in [0.3, 0.4) is 0 Å². The number of rotatable bonds is 2. The van der Waals surface area contributed by atoms with E-state index in [1.54, 1.807) is 44.2 Å². The van der Waals surface area contributed by atoms with Crippen LogP contribution in [0.2, 0.25) is 0 Å². The summed E-state index contributed by atoms with van der Waals surface area (Å²) in [7, 11) is 0. The summed E-state index contributed by atoms with van der Waals surface area (Å²) < 4.78 is 17.1. The van der Waals surface area contributed by atoms with Crippen molar-refractivity contribution in [2.75, 3.05) is 10.6 Å². The lowest BCUT2D eigenvalue weighted by Gasteiger charge is -2.31. The third kappa shape index (κ3) is 2.92. The lowest BCUT2D eigenvalue weighted by molar-refractivity contribution is -0.128. The van der Waals surface area contributed by atoms with Gasteiger partial charge in [-0.15, -0.1) is 0 Å². The fraction of sp³-hybridized carbons (Fsp3) is 0.263. The standard InChI is InChI=1S/C19H18N2O5/c1-10-17(26-16-6-4-3-5-15(16)24-10)19(23)20-12-7-8-14-13(9-12)21-18(22)11(2)25-14/h3-11,17H,1-2H3,(H,20,23)(H,21,22)/t10-,11-,17+/m0/s1. The second-order valence-electron chi connectivity index (χ2n) is 6.26. The first-order valence-corrected chi connectivity index (χ1v) is 8.36. The van der Waals surface area contributed by atoms with Crippen LogP contribution in [0.5, 0.6) is 17.2 Å². The highest BCUT2D eigenvalue weighted by molar-refractivity contribution is 6.00. The molecule has 2 aliphatic rings. The number of ether oxygens (including phenoxy) is 3. The molecule has 26 heavy (non-hydrogen) atoms. The smallest absolute Gasteiger partial charge is 0.269 e. The van der Waals surface area contributed by atoms with Crippen molar-refractivity contribution in [3.05, 3.63) is 42.5 Å². The van der Waals surface area contributed by atoms with E-state index in [0.29, 0.717) is 28.6 Å². The topological polar surface area (TPSA) is 85.9 Å². The number of benzene rings is 2. The summed E-state index contributed by atoms with van der Waals surface area (Å²) in [5.41, 5.74) is 1.05. The Morgan fingerprint density at radius 2 is 1.73 bits per heavy atom. The van der Waals surface area contributed by atoms with Gasteiger partial charge in [0.15, 0.2) is 17.6 Å². The van der Waals surface area contributed by atoms with E-state index in [9.17, 15) is 9.59 Å². The molecule has 0 unspecified atom stereocenters. The molecule has 7 heteroatoms. The normalized spacial score (nSPS) is 23.3. The molecule has 134 valence electrons. The molecule has 7 nitrogen and oxygen atoms in total. The van der Waals surface area contributed by atoms with Crippen molar-refractivity contribution < 1.29 is 23.8 Å². The van der Waals surface area contributed by atoms with Crippen LogP contribution in [-0.4, -0.2) is 30.1 Å². The molecule has 0 saturated carbocycles. The molecule has 0 radical (unpaired) electrons. The molecule has 3 atom stereocenters. The zero-order valence-corrected chi connectivity index (χ0v) is 14.3. The molecule has 0 aliphatic carbocycles. The van der Waals surface area contributed by atoms with Crippen LogP contribution in [0.25, 0.3) is 0 Å². The Morgan fingerprint density at radius 3 is 2.50 bits per heavy atom. The molecule has 0 aromatic heterocycles. The van der Waals surface area contributed by atoms with Crippen molar-refractivity contribution in [2.45, 2.75) is 32.2 Å². The number of hydrogen-bond acceptors (Lipinski definition) is 5. The zero-order valence-electron chi connectivity index (χ0n) is 14.3. The third-order valence-corrected chi connectivity index (χ3v) is 4.28. The van der Waals surface area contributed by atoms with Gasteiger partial charge in [0.05, 0.1) is 5.69 Å². The van der Waals surface area contributed by atoms with Crippen LogP contribution in [0.15, 0.2) is 42.5 Å². The van der Waals surface area contributed by atoms with E-state index in [1.165, 1.54) is 0 Å². The third-order valence-electron chi connectivity index (χ3n) is 4.28. The summed E-state index contributed by atoms with van der Waals surface area (Å²) in [5, 5.41) is 5.55. The van der Waals surface area contributed by atoms with E-state index in [2.05, 4.69) is 10.6 Å². The minimum absolute atomic E-state index is 0.227. The second-order valence-corrected chi connectivity index (χ2v) is 6.26. The first-order valence-electron chi connectivity index (χ1n) is 8.36. The van der Waals surface area contributed by atoms with Crippen LogP contribution < -0.4 is 24.8 Å². The SMILES string of the molecule is C[C@@H]1Oc2ccc(NC(=O)[C@@H]3Oc4ccccc4O[C@H]3C)cc2NC1=O. The van der Waals surface area contributed by atoms with Crippen molar-refractivity contribution in [2.24, 2.45) is 0 Å². The molecular weight excluding hydrogens is 336 g/mol. The Bertz CT molecular complexity index is 882. The van der Waals surface area contributed by atoms with Crippen LogP contribution in [0.1, 0.15) is 13.8 Å². The van der Waals surface area contributed by atoms with Crippen LogP contribution in [0, 0.1) is 0 Å². The largest absolute Gasteiger partial charge is 0.482 e. The number of para-hydroxylation sites is 2. The summed E-state index contributed by atoms with van der Waals surface area (Å²) in [6.45, 7) is 3.45. The number of carbonyl (C=O) groups is 2. The first-order chi connectivity index (χ1) is 12.5. The van der Waals surface area contributed by atoms with Gasteiger partial charge < -0.3 is 24.8 Å². The molecule has 2 N–H and O–H groups in total. The van der Waals surface area contributed by atoms with E-state index >= 15 is 0 Å². The maximum absolute atomic E-state index is 12.6. The molecule has 2 heterocycles. The first kappa shape index (κ1) is 16.3. The number of anilines is 2. The second kappa shape index (κ2) is 6.25. The number of amides is 2. The van der Waals surface area contributed by atoms with Crippen molar-refractivity contribution in [1.29, 1.82) is 0 Å². The Kier molecular flexibility index (Phi) is 3.91.